The highest BCUT2D eigenvalue weighted by Crippen LogP contribution is 2.53. The first-order valence-corrected chi connectivity index (χ1v) is 13.2. The van der Waals surface area contributed by atoms with E-state index in [1.54, 1.807) is 0 Å². The van der Waals surface area contributed by atoms with Gasteiger partial charge in [-0.15, -0.1) is 0 Å². The van der Waals surface area contributed by atoms with Crippen molar-refractivity contribution < 1.29 is 0 Å². The molecule has 2 aliphatic rings. The number of hydrogen-bond acceptors (Lipinski definition) is 0. The fourth-order valence-electron chi connectivity index (χ4n) is 5.32. The lowest BCUT2D eigenvalue weighted by Crippen LogP contribution is -2.06. The van der Waals surface area contributed by atoms with Gasteiger partial charge in [0.05, 0.1) is 0 Å². The van der Waals surface area contributed by atoms with Gasteiger partial charge in [-0.2, -0.15) is 0 Å². The largest absolute Gasteiger partial charge is 0.0839 e. The number of fused-ring (bicyclic) bond motifs is 2. The molecule has 176 valence electrons. The van der Waals surface area contributed by atoms with Gasteiger partial charge in [-0.25, -0.2) is 0 Å². The summed E-state index contributed by atoms with van der Waals surface area (Å²) in [5.41, 5.74) is 9.98. The second-order valence-electron chi connectivity index (χ2n) is 8.97. The quantitative estimate of drug-likeness (QED) is 0.239. The molecule has 0 heterocycles. The van der Waals surface area contributed by atoms with Gasteiger partial charge in [0.25, 0.3) is 0 Å². The molecule has 4 heteroatoms. The van der Waals surface area contributed by atoms with Gasteiger partial charge in [-0.1, -0.05) is 113 Å². The Morgan fingerprint density at radius 3 is 1.86 bits per heavy atom. The summed E-state index contributed by atoms with van der Waals surface area (Å²) in [6.07, 6.45) is 7.50. The van der Waals surface area contributed by atoms with Gasteiger partial charge in [-0.3, -0.25) is 0 Å². The minimum atomic E-state index is -0.136. The SMILES string of the molecule is Clc1cccc(Cl)c1/C=C1\C=C(C(C2=CCc3ccccc32)c2c(Cl)cccc2Cl)c2ccccc21. The minimum absolute atomic E-state index is 0.136. The van der Waals surface area contributed by atoms with E-state index in [2.05, 4.69) is 66.8 Å². The first kappa shape index (κ1) is 23.6. The van der Waals surface area contributed by atoms with Crippen LogP contribution in [-0.4, -0.2) is 0 Å². The molecule has 1 atom stereocenters. The molecule has 0 spiro atoms. The Morgan fingerprint density at radius 1 is 0.583 bits per heavy atom. The van der Waals surface area contributed by atoms with Crippen molar-refractivity contribution in [3.63, 3.8) is 0 Å². The van der Waals surface area contributed by atoms with Crippen LogP contribution in [0.1, 0.15) is 39.3 Å². The molecule has 0 bridgehead atoms. The summed E-state index contributed by atoms with van der Waals surface area (Å²) in [4.78, 5) is 0. The first-order valence-electron chi connectivity index (χ1n) is 11.7. The normalized spacial score (nSPS) is 15.9. The second kappa shape index (κ2) is 9.61. The van der Waals surface area contributed by atoms with Crippen molar-refractivity contribution in [2.24, 2.45) is 0 Å². The third-order valence-electron chi connectivity index (χ3n) is 6.94. The summed E-state index contributed by atoms with van der Waals surface area (Å²) in [5, 5.41) is 2.55. The maximum Gasteiger partial charge on any atom is 0.0493 e. The van der Waals surface area contributed by atoms with Crippen LogP contribution in [-0.2, 0) is 6.42 Å². The zero-order valence-corrected chi connectivity index (χ0v) is 22.1. The number of hydrogen-bond donors (Lipinski definition) is 0. The third-order valence-corrected chi connectivity index (χ3v) is 8.26. The van der Waals surface area contributed by atoms with Gasteiger partial charge in [0.2, 0.25) is 0 Å². The van der Waals surface area contributed by atoms with Gasteiger partial charge in [0.1, 0.15) is 0 Å². The van der Waals surface area contributed by atoms with Crippen LogP contribution >= 0.6 is 46.4 Å². The average molecular weight is 546 g/mol. The van der Waals surface area contributed by atoms with Crippen molar-refractivity contribution in [3.05, 3.63) is 151 Å². The summed E-state index contributed by atoms with van der Waals surface area (Å²) in [6, 6.07) is 28.3. The monoisotopic (exact) mass is 544 g/mol. The summed E-state index contributed by atoms with van der Waals surface area (Å²) >= 11 is 26.8. The standard InChI is InChI=1S/C32H20Cl4/c33-27-11-5-12-28(34)26(27)18-20-17-25(23-10-4-3-9-22(20)23)31(32-29(35)13-6-14-30(32)36)24-16-15-19-7-1-2-8-21(19)24/h1-14,16-18,31H,15H2/b20-18+. The van der Waals surface area contributed by atoms with Crippen molar-refractivity contribution in [2.75, 3.05) is 0 Å². The Bertz CT molecular complexity index is 1570. The van der Waals surface area contributed by atoms with Gasteiger partial charge >= 0.3 is 0 Å². The zero-order chi connectivity index (χ0) is 24.8. The highest BCUT2D eigenvalue weighted by molar-refractivity contribution is 6.38. The Balaban J connectivity index is 1.61. The second-order valence-corrected chi connectivity index (χ2v) is 10.6. The molecule has 0 nitrogen and oxygen atoms in total. The van der Waals surface area contributed by atoms with E-state index in [0.717, 1.165) is 39.8 Å². The molecule has 0 amide bonds. The van der Waals surface area contributed by atoms with Gasteiger partial charge in [0.15, 0.2) is 0 Å². The number of benzene rings is 4. The summed E-state index contributed by atoms with van der Waals surface area (Å²) in [6.45, 7) is 0. The highest BCUT2D eigenvalue weighted by Gasteiger charge is 2.33. The lowest BCUT2D eigenvalue weighted by molar-refractivity contribution is 1.13. The van der Waals surface area contributed by atoms with E-state index in [9.17, 15) is 0 Å². The fraction of sp³-hybridized carbons (Fsp3) is 0.0625. The van der Waals surface area contributed by atoms with E-state index in [1.165, 1.54) is 16.7 Å². The molecule has 4 aromatic rings. The van der Waals surface area contributed by atoms with E-state index in [-0.39, 0.29) is 5.92 Å². The molecule has 0 saturated heterocycles. The number of allylic oxidation sites excluding steroid dienone is 5. The molecule has 0 fully saturated rings. The third kappa shape index (κ3) is 4.03. The molecule has 0 radical (unpaired) electrons. The van der Waals surface area contributed by atoms with Crippen LogP contribution in [0.5, 0.6) is 0 Å². The van der Waals surface area contributed by atoms with Crippen LogP contribution in [0.25, 0.3) is 22.8 Å². The fourth-order valence-corrected chi connectivity index (χ4v) is 6.44. The lowest BCUT2D eigenvalue weighted by Gasteiger charge is -2.25. The predicted molar refractivity (Wildman–Crippen MR) is 156 cm³/mol. The van der Waals surface area contributed by atoms with E-state index in [1.807, 2.05) is 36.4 Å². The first-order chi connectivity index (χ1) is 17.5. The Hall–Kier alpha value is -2.74. The highest BCUT2D eigenvalue weighted by atomic mass is 35.5. The molecule has 6 rings (SSSR count). The van der Waals surface area contributed by atoms with Crippen molar-refractivity contribution in [1.82, 2.24) is 0 Å². The molecule has 0 N–H and O–H groups in total. The molecule has 4 aromatic carbocycles. The van der Waals surface area contributed by atoms with Crippen LogP contribution in [0, 0.1) is 0 Å². The van der Waals surface area contributed by atoms with Crippen molar-refractivity contribution >= 4 is 69.2 Å². The topological polar surface area (TPSA) is 0 Å². The van der Waals surface area contributed by atoms with Gasteiger partial charge in [-0.05, 0) is 81.8 Å². The number of rotatable bonds is 4. The Kier molecular flexibility index (Phi) is 6.32. The van der Waals surface area contributed by atoms with E-state index < -0.39 is 0 Å². The molecule has 1 unspecified atom stereocenters. The van der Waals surface area contributed by atoms with E-state index in [0.29, 0.717) is 20.1 Å². The molecule has 0 aromatic heterocycles. The summed E-state index contributed by atoms with van der Waals surface area (Å²) in [7, 11) is 0. The minimum Gasteiger partial charge on any atom is -0.0839 e. The van der Waals surface area contributed by atoms with E-state index in [4.69, 9.17) is 46.4 Å². The smallest absolute Gasteiger partial charge is 0.0493 e. The van der Waals surface area contributed by atoms with E-state index >= 15 is 0 Å². The summed E-state index contributed by atoms with van der Waals surface area (Å²) < 4.78 is 0. The molecule has 36 heavy (non-hydrogen) atoms. The van der Waals surface area contributed by atoms with Crippen LogP contribution in [0.15, 0.2) is 97.1 Å². The maximum absolute atomic E-state index is 6.85. The van der Waals surface area contributed by atoms with Crippen molar-refractivity contribution in [1.29, 1.82) is 0 Å². The van der Waals surface area contributed by atoms with Crippen LogP contribution in [0.2, 0.25) is 20.1 Å². The molecule has 0 saturated carbocycles. The van der Waals surface area contributed by atoms with Crippen LogP contribution < -0.4 is 0 Å². The average Bonchev–Trinajstić information content (AvgIpc) is 3.46. The van der Waals surface area contributed by atoms with Crippen LogP contribution in [0.4, 0.5) is 0 Å². The molecule has 0 aliphatic heterocycles. The van der Waals surface area contributed by atoms with Crippen molar-refractivity contribution in [3.8, 4) is 0 Å². The van der Waals surface area contributed by atoms with Crippen LogP contribution in [0.3, 0.4) is 0 Å². The Morgan fingerprint density at radius 2 is 1.17 bits per heavy atom. The van der Waals surface area contributed by atoms with Gasteiger partial charge < -0.3 is 0 Å². The number of halogens is 4. The summed E-state index contributed by atoms with van der Waals surface area (Å²) in [5.74, 6) is -0.136. The lowest BCUT2D eigenvalue weighted by atomic mass is 9.80. The molecule has 2 aliphatic carbocycles. The predicted octanol–water partition coefficient (Wildman–Crippen LogP) is 10.7. The Labute approximate surface area is 231 Å². The van der Waals surface area contributed by atoms with Gasteiger partial charge in [0, 0.05) is 37.1 Å². The van der Waals surface area contributed by atoms with Crippen molar-refractivity contribution in [2.45, 2.75) is 12.3 Å². The molecular weight excluding hydrogens is 526 g/mol. The maximum atomic E-state index is 6.85. The molecular formula is C32H20Cl4. The zero-order valence-electron chi connectivity index (χ0n) is 19.1.